The van der Waals surface area contributed by atoms with Crippen LogP contribution in [0.15, 0.2) is 18.2 Å². The lowest BCUT2D eigenvalue weighted by Gasteiger charge is -2.35. The number of carbonyl (C=O) groups is 2. The van der Waals surface area contributed by atoms with E-state index >= 15 is 0 Å². The molecule has 1 aliphatic rings. The quantitative estimate of drug-likeness (QED) is 0.787. The molecule has 5 nitrogen and oxygen atoms in total. The van der Waals surface area contributed by atoms with Crippen LogP contribution in [0.1, 0.15) is 31.1 Å². The second-order valence-corrected chi connectivity index (χ2v) is 6.79. The average Bonchev–Trinajstić information content (AvgIpc) is 2.45. The maximum absolute atomic E-state index is 13.1. The van der Waals surface area contributed by atoms with Crippen molar-refractivity contribution in [1.29, 1.82) is 0 Å². The van der Waals surface area contributed by atoms with Gasteiger partial charge in [-0.25, -0.2) is 9.18 Å². The summed E-state index contributed by atoms with van der Waals surface area (Å²) in [7, 11) is 0. The van der Waals surface area contributed by atoms with E-state index in [0.717, 1.165) is 6.07 Å². The van der Waals surface area contributed by atoms with Gasteiger partial charge in [0.05, 0.1) is 10.6 Å². The Bertz CT molecular complexity index is 608. The standard InChI is InChI=1S/C16H20ClFN2O3/c1-16(2,3)23-15(22)20-8-6-19(7-9-20)14(21)12-5-4-11(18)10-13(12)17/h4-5,10H,6-9H2,1-3H3. The van der Waals surface area contributed by atoms with E-state index in [0.29, 0.717) is 26.2 Å². The van der Waals surface area contributed by atoms with Crippen molar-refractivity contribution in [2.24, 2.45) is 0 Å². The Morgan fingerprint density at radius 1 is 1.13 bits per heavy atom. The number of ether oxygens (including phenoxy) is 1. The third-order valence-electron chi connectivity index (χ3n) is 3.38. The first-order valence-corrected chi connectivity index (χ1v) is 7.77. The molecule has 0 radical (unpaired) electrons. The second-order valence-electron chi connectivity index (χ2n) is 6.38. The Kier molecular flexibility index (Phi) is 5.14. The van der Waals surface area contributed by atoms with Crippen LogP contribution in [0.25, 0.3) is 0 Å². The predicted octanol–water partition coefficient (Wildman–Crippen LogP) is 3.17. The molecule has 0 N–H and O–H groups in total. The summed E-state index contributed by atoms with van der Waals surface area (Å²) in [5.41, 5.74) is -0.287. The fourth-order valence-electron chi connectivity index (χ4n) is 2.25. The minimum atomic E-state index is -0.550. The highest BCUT2D eigenvalue weighted by Crippen LogP contribution is 2.20. The molecule has 2 rings (SSSR count). The summed E-state index contributed by atoms with van der Waals surface area (Å²) in [6.07, 6.45) is -0.385. The van der Waals surface area contributed by atoms with E-state index in [4.69, 9.17) is 16.3 Å². The first-order chi connectivity index (χ1) is 10.7. The molecule has 1 aliphatic heterocycles. The molecule has 1 fully saturated rings. The summed E-state index contributed by atoms with van der Waals surface area (Å²) >= 11 is 5.92. The zero-order valence-corrected chi connectivity index (χ0v) is 14.2. The van der Waals surface area contributed by atoms with Crippen molar-refractivity contribution in [1.82, 2.24) is 9.80 Å². The Hall–Kier alpha value is -1.82. The highest BCUT2D eigenvalue weighted by Gasteiger charge is 2.28. The Morgan fingerprint density at radius 3 is 2.22 bits per heavy atom. The molecule has 0 atom stereocenters. The lowest BCUT2D eigenvalue weighted by atomic mass is 10.1. The number of hydrogen-bond acceptors (Lipinski definition) is 3. The maximum Gasteiger partial charge on any atom is 0.410 e. The van der Waals surface area contributed by atoms with Gasteiger partial charge in [0, 0.05) is 26.2 Å². The van der Waals surface area contributed by atoms with Crippen LogP contribution >= 0.6 is 11.6 Å². The van der Waals surface area contributed by atoms with Gasteiger partial charge in [-0.2, -0.15) is 0 Å². The van der Waals surface area contributed by atoms with Crippen LogP contribution in [-0.4, -0.2) is 53.6 Å². The molecule has 1 aromatic rings. The summed E-state index contributed by atoms with van der Waals surface area (Å²) in [6.45, 7) is 6.96. The lowest BCUT2D eigenvalue weighted by molar-refractivity contribution is 0.0141. The molecule has 23 heavy (non-hydrogen) atoms. The topological polar surface area (TPSA) is 49.9 Å². The number of hydrogen-bond donors (Lipinski definition) is 0. The number of piperazine rings is 1. The SMILES string of the molecule is CC(C)(C)OC(=O)N1CCN(C(=O)c2ccc(F)cc2Cl)CC1. The van der Waals surface area contributed by atoms with Gasteiger partial charge >= 0.3 is 6.09 Å². The van der Waals surface area contributed by atoms with Crippen LogP contribution in [0.2, 0.25) is 5.02 Å². The average molecular weight is 343 g/mol. The van der Waals surface area contributed by atoms with Gasteiger partial charge in [-0.3, -0.25) is 4.79 Å². The summed E-state index contributed by atoms with van der Waals surface area (Å²) in [6, 6.07) is 3.70. The number of rotatable bonds is 1. The highest BCUT2D eigenvalue weighted by atomic mass is 35.5. The molecule has 126 valence electrons. The summed E-state index contributed by atoms with van der Waals surface area (Å²) in [5, 5.41) is 0.0876. The molecule has 1 aromatic carbocycles. The van der Waals surface area contributed by atoms with Gasteiger partial charge in [0.25, 0.3) is 5.91 Å². The molecule has 0 aromatic heterocycles. The van der Waals surface area contributed by atoms with Crippen molar-refractivity contribution in [3.63, 3.8) is 0 Å². The minimum absolute atomic E-state index is 0.0876. The van der Waals surface area contributed by atoms with Gasteiger partial charge in [0.2, 0.25) is 0 Å². The van der Waals surface area contributed by atoms with Crippen LogP contribution in [-0.2, 0) is 4.74 Å². The molecule has 0 unspecified atom stereocenters. The fraction of sp³-hybridized carbons (Fsp3) is 0.500. The molecular weight excluding hydrogens is 323 g/mol. The van der Waals surface area contributed by atoms with E-state index in [9.17, 15) is 14.0 Å². The third kappa shape index (κ3) is 4.58. The van der Waals surface area contributed by atoms with Gasteiger partial charge in [0.1, 0.15) is 11.4 Å². The Labute approximate surface area is 140 Å². The van der Waals surface area contributed by atoms with E-state index in [1.54, 1.807) is 30.6 Å². The number of carbonyl (C=O) groups excluding carboxylic acids is 2. The zero-order valence-electron chi connectivity index (χ0n) is 13.4. The molecule has 0 bridgehead atoms. The maximum atomic E-state index is 13.1. The van der Waals surface area contributed by atoms with E-state index in [-0.39, 0.29) is 22.6 Å². The van der Waals surface area contributed by atoms with Crippen molar-refractivity contribution in [2.75, 3.05) is 26.2 Å². The summed E-state index contributed by atoms with van der Waals surface area (Å²) in [4.78, 5) is 27.6. The van der Waals surface area contributed by atoms with E-state index < -0.39 is 11.4 Å². The van der Waals surface area contributed by atoms with E-state index in [1.807, 2.05) is 0 Å². The van der Waals surface area contributed by atoms with Crippen LogP contribution in [0.3, 0.4) is 0 Å². The van der Waals surface area contributed by atoms with Crippen molar-refractivity contribution in [3.8, 4) is 0 Å². The number of halogens is 2. The van der Waals surface area contributed by atoms with Gasteiger partial charge in [0.15, 0.2) is 0 Å². The highest BCUT2D eigenvalue weighted by molar-refractivity contribution is 6.33. The monoisotopic (exact) mass is 342 g/mol. The normalized spacial score (nSPS) is 15.5. The van der Waals surface area contributed by atoms with Gasteiger partial charge in [-0.1, -0.05) is 11.6 Å². The van der Waals surface area contributed by atoms with Crippen molar-refractivity contribution < 1.29 is 18.7 Å². The van der Waals surface area contributed by atoms with Gasteiger partial charge < -0.3 is 14.5 Å². The zero-order chi connectivity index (χ0) is 17.2. The molecule has 7 heteroatoms. The molecular formula is C16H20ClFN2O3. The predicted molar refractivity (Wildman–Crippen MR) is 85.1 cm³/mol. The first-order valence-electron chi connectivity index (χ1n) is 7.39. The largest absolute Gasteiger partial charge is 0.444 e. The van der Waals surface area contributed by atoms with Crippen LogP contribution in [0.5, 0.6) is 0 Å². The number of benzene rings is 1. The molecule has 1 saturated heterocycles. The van der Waals surface area contributed by atoms with Gasteiger partial charge in [-0.05, 0) is 39.0 Å². The second kappa shape index (κ2) is 6.74. The molecule has 0 saturated carbocycles. The van der Waals surface area contributed by atoms with E-state index in [1.165, 1.54) is 12.1 Å². The molecule has 0 aliphatic carbocycles. The minimum Gasteiger partial charge on any atom is -0.444 e. The van der Waals surface area contributed by atoms with Gasteiger partial charge in [-0.15, -0.1) is 0 Å². The smallest absolute Gasteiger partial charge is 0.410 e. The Balaban J connectivity index is 1.96. The number of nitrogens with zero attached hydrogens (tertiary/aromatic N) is 2. The lowest BCUT2D eigenvalue weighted by Crippen LogP contribution is -2.51. The fourth-order valence-corrected chi connectivity index (χ4v) is 2.50. The first kappa shape index (κ1) is 17.5. The Morgan fingerprint density at radius 2 is 1.70 bits per heavy atom. The van der Waals surface area contributed by atoms with Crippen LogP contribution < -0.4 is 0 Å². The number of amides is 2. The summed E-state index contributed by atoms with van der Waals surface area (Å²) < 4.78 is 18.4. The van der Waals surface area contributed by atoms with Crippen molar-refractivity contribution in [3.05, 3.63) is 34.6 Å². The van der Waals surface area contributed by atoms with Crippen LogP contribution in [0, 0.1) is 5.82 Å². The van der Waals surface area contributed by atoms with Crippen molar-refractivity contribution >= 4 is 23.6 Å². The third-order valence-corrected chi connectivity index (χ3v) is 3.69. The summed E-state index contributed by atoms with van der Waals surface area (Å²) in [5.74, 6) is -0.750. The van der Waals surface area contributed by atoms with E-state index in [2.05, 4.69) is 0 Å². The van der Waals surface area contributed by atoms with Crippen LogP contribution in [0.4, 0.5) is 9.18 Å². The molecule has 2 amide bonds. The molecule has 1 heterocycles. The van der Waals surface area contributed by atoms with Crippen molar-refractivity contribution in [2.45, 2.75) is 26.4 Å². The molecule has 0 spiro atoms.